The zero-order valence-corrected chi connectivity index (χ0v) is 15.4. The third kappa shape index (κ3) is 3.02. The Kier molecular flexibility index (Phi) is 4.87. The molecule has 1 heterocycles. The Hall–Kier alpha value is -1.40. The van der Waals surface area contributed by atoms with Gasteiger partial charge in [0, 0.05) is 13.1 Å². The summed E-state index contributed by atoms with van der Waals surface area (Å²) in [4.78, 5) is 11.8. The van der Waals surface area contributed by atoms with Crippen molar-refractivity contribution in [1.82, 2.24) is 4.31 Å². The van der Waals surface area contributed by atoms with E-state index in [1.165, 1.54) is 4.31 Å². The van der Waals surface area contributed by atoms with E-state index < -0.39 is 21.8 Å². The van der Waals surface area contributed by atoms with Gasteiger partial charge < -0.3 is 5.73 Å². The molecule has 0 spiro atoms. The molecule has 1 fully saturated rings. The first-order valence-electron chi connectivity index (χ1n) is 7.95. The minimum Gasteiger partial charge on any atom is -0.369 e. The second kappa shape index (κ2) is 6.24. The molecule has 2 rings (SSSR count). The Morgan fingerprint density at radius 3 is 1.96 bits per heavy atom. The lowest BCUT2D eigenvalue weighted by molar-refractivity contribution is -0.122. The van der Waals surface area contributed by atoms with E-state index in [1.807, 2.05) is 34.6 Å². The van der Waals surface area contributed by atoms with E-state index in [9.17, 15) is 13.2 Å². The van der Waals surface area contributed by atoms with Gasteiger partial charge in [-0.2, -0.15) is 4.31 Å². The third-order valence-electron chi connectivity index (χ3n) is 5.32. The fraction of sp³-hybridized carbons (Fsp3) is 0.588. The lowest BCUT2D eigenvalue weighted by Gasteiger charge is -2.32. The highest BCUT2D eigenvalue weighted by Crippen LogP contribution is 2.33. The molecule has 1 amide bonds. The van der Waals surface area contributed by atoms with Crippen LogP contribution in [0.15, 0.2) is 4.90 Å². The third-order valence-corrected chi connectivity index (χ3v) is 7.46. The number of benzene rings is 1. The summed E-state index contributed by atoms with van der Waals surface area (Å²) in [6.07, 6.45) is 1.32. The van der Waals surface area contributed by atoms with Gasteiger partial charge in [0.15, 0.2) is 0 Å². The summed E-state index contributed by atoms with van der Waals surface area (Å²) in [5.41, 5.74) is 10.1. The standard InChI is InChI=1S/C17H26N2O3S/c1-10-11(2)13(4)16(14(5)12(10)3)23(21,22)19-8-6-7-15(9-19)17(18)20/h15H,6-9H2,1-5H3,(H2,18,20)/t15-/m1/s1. The molecule has 1 aliphatic heterocycles. The fourth-order valence-corrected chi connectivity index (χ4v) is 5.46. The number of sulfonamides is 1. The Morgan fingerprint density at radius 1 is 1.00 bits per heavy atom. The van der Waals surface area contributed by atoms with Crippen LogP contribution >= 0.6 is 0 Å². The van der Waals surface area contributed by atoms with Gasteiger partial charge in [-0.25, -0.2) is 8.42 Å². The normalized spacial score (nSPS) is 19.8. The Labute approximate surface area is 138 Å². The molecule has 0 radical (unpaired) electrons. The van der Waals surface area contributed by atoms with Gasteiger partial charge in [-0.05, 0) is 75.3 Å². The van der Waals surface area contributed by atoms with Crippen molar-refractivity contribution in [3.8, 4) is 0 Å². The van der Waals surface area contributed by atoms with Gasteiger partial charge >= 0.3 is 0 Å². The first-order valence-corrected chi connectivity index (χ1v) is 9.39. The quantitative estimate of drug-likeness (QED) is 0.916. The molecule has 1 aliphatic rings. The number of primary amides is 1. The van der Waals surface area contributed by atoms with Crippen LogP contribution in [0.5, 0.6) is 0 Å². The molecule has 1 atom stereocenters. The van der Waals surface area contributed by atoms with Gasteiger partial charge in [-0.15, -0.1) is 0 Å². The summed E-state index contributed by atoms with van der Waals surface area (Å²) in [6.45, 7) is 10.3. The zero-order chi connectivity index (χ0) is 17.5. The summed E-state index contributed by atoms with van der Waals surface area (Å²) in [5.74, 6) is -0.818. The summed E-state index contributed by atoms with van der Waals surface area (Å²) in [6, 6.07) is 0. The van der Waals surface area contributed by atoms with Crippen LogP contribution < -0.4 is 5.73 Å². The summed E-state index contributed by atoms with van der Waals surface area (Å²) >= 11 is 0. The van der Waals surface area contributed by atoms with E-state index in [2.05, 4.69) is 0 Å². The van der Waals surface area contributed by atoms with Crippen molar-refractivity contribution in [2.24, 2.45) is 11.7 Å². The summed E-state index contributed by atoms with van der Waals surface area (Å²) in [5, 5.41) is 0. The van der Waals surface area contributed by atoms with Crippen molar-refractivity contribution < 1.29 is 13.2 Å². The number of carbonyl (C=O) groups is 1. The first-order chi connectivity index (χ1) is 10.6. The maximum absolute atomic E-state index is 13.2. The second-order valence-corrected chi connectivity index (χ2v) is 8.43. The number of nitrogens with zero attached hydrogens (tertiary/aromatic N) is 1. The van der Waals surface area contributed by atoms with Crippen LogP contribution in [0.1, 0.15) is 40.7 Å². The molecule has 5 nitrogen and oxygen atoms in total. The van der Waals surface area contributed by atoms with Gasteiger partial charge in [-0.3, -0.25) is 4.79 Å². The lowest BCUT2D eigenvalue weighted by atomic mass is 9.95. The number of nitrogens with two attached hydrogens (primary N) is 1. The number of rotatable bonds is 3. The summed E-state index contributed by atoms with van der Waals surface area (Å²) < 4.78 is 27.8. The average molecular weight is 338 g/mol. The molecule has 2 N–H and O–H groups in total. The molecule has 0 aliphatic carbocycles. The number of amides is 1. The molecule has 0 bridgehead atoms. The monoisotopic (exact) mass is 338 g/mol. The minimum atomic E-state index is -3.63. The van der Waals surface area contributed by atoms with E-state index in [-0.39, 0.29) is 6.54 Å². The second-order valence-electron chi connectivity index (χ2n) is 6.56. The number of piperidine rings is 1. The largest absolute Gasteiger partial charge is 0.369 e. The molecule has 1 aromatic rings. The molecule has 128 valence electrons. The molecule has 23 heavy (non-hydrogen) atoms. The number of hydrogen-bond donors (Lipinski definition) is 1. The van der Waals surface area contributed by atoms with Crippen LogP contribution in [-0.2, 0) is 14.8 Å². The van der Waals surface area contributed by atoms with Crippen molar-refractivity contribution in [3.63, 3.8) is 0 Å². The Morgan fingerprint density at radius 2 is 1.48 bits per heavy atom. The molecule has 0 unspecified atom stereocenters. The lowest BCUT2D eigenvalue weighted by Crippen LogP contribution is -2.44. The molecular formula is C17H26N2O3S. The highest BCUT2D eigenvalue weighted by Gasteiger charge is 2.35. The average Bonchev–Trinajstić information content (AvgIpc) is 2.51. The van der Waals surface area contributed by atoms with Crippen LogP contribution in [0.25, 0.3) is 0 Å². The predicted octanol–water partition coefficient (Wildman–Crippen LogP) is 2.11. The van der Waals surface area contributed by atoms with Gasteiger partial charge in [0.1, 0.15) is 0 Å². The first kappa shape index (κ1) is 17.9. The van der Waals surface area contributed by atoms with Crippen molar-refractivity contribution >= 4 is 15.9 Å². The van der Waals surface area contributed by atoms with Gasteiger partial charge in [0.05, 0.1) is 10.8 Å². The van der Waals surface area contributed by atoms with Crippen LogP contribution in [0, 0.1) is 40.5 Å². The van der Waals surface area contributed by atoms with Gasteiger partial charge in [-0.1, -0.05) is 0 Å². The summed E-state index contributed by atoms with van der Waals surface area (Å²) in [7, 11) is -3.63. The van der Waals surface area contributed by atoms with Crippen molar-refractivity contribution in [2.45, 2.75) is 52.4 Å². The Balaban J connectivity index is 2.55. The predicted molar refractivity (Wildman–Crippen MR) is 90.8 cm³/mol. The minimum absolute atomic E-state index is 0.183. The number of hydrogen-bond acceptors (Lipinski definition) is 3. The SMILES string of the molecule is Cc1c(C)c(C)c(S(=O)(=O)N2CCC[C@@H](C(N)=O)C2)c(C)c1C. The van der Waals surface area contributed by atoms with Crippen LogP contribution in [0.3, 0.4) is 0 Å². The van der Waals surface area contributed by atoms with E-state index in [0.717, 1.165) is 27.8 Å². The van der Waals surface area contributed by atoms with E-state index in [4.69, 9.17) is 5.73 Å². The van der Waals surface area contributed by atoms with Gasteiger partial charge in [0.25, 0.3) is 0 Å². The van der Waals surface area contributed by atoms with Crippen LogP contribution in [0.2, 0.25) is 0 Å². The maximum atomic E-state index is 13.2. The smallest absolute Gasteiger partial charge is 0.243 e. The molecule has 0 saturated carbocycles. The van der Waals surface area contributed by atoms with Crippen molar-refractivity contribution in [1.29, 1.82) is 0 Å². The molecule has 6 heteroatoms. The molecule has 1 aromatic carbocycles. The van der Waals surface area contributed by atoms with Crippen LogP contribution in [0.4, 0.5) is 0 Å². The molecule has 0 aromatic heterocycles. The fourth-order valence-electron chi connectivity index (χ4n) is 3.37. The van der Waals surface area contributed by atoms with E-state index in [1.54, 1.807) is 0 Å². The zero-order valence-electron chi connectivity index (χ0n) is 14.6. The molecular weight excluding hydrogens is 312 g/mol. The highest BCUT2D eigenvalue weighted by atomic mass is 32.2. The van der Waals surface area contributed by atoms with E-state index in [0.29, 0.717) is 24.3 Å². The molecule has 1 saturated heterocycles. The van der Waals surface area contributed by atoms with Crippen LogP contribution in [-0.4, -0.2) is 31.7 Å². The van der Waals surface area contributed by atoms with Crippen molar-refractivity contribution in [2.75, 3.05) is 13.1 Å². The number of carbonyl (C=O) groups excluding carboxylic acids is 1. The van der Waals surface area contributed by atoms with E-state index >= 15 is 0 Å². The Bertz CT molecular complexity index is 725. The highest BCUT2D eigenvalue weighted by molar-refractivity contribution is 7.89. The van der Waals surface area contributed by atoms with Gasteiger partial charge in [0.2, 0.25) is 15.9 Å². The maximum Gasteiger partial charge on any atom is 0.243 e. The van der Waals surface area contributed by atoms with Crippen molar-refractivity contribution in [3.05, 3.63) is 27.8 Å². The topological polar surface area (TPSA) is 80.5 Å².